The Labute approximate surface area is 91.4 Å². The van der Waals surface area contributed by atoms with Crippen LogP contribution in [0.3, 0.4) is 0 Å². The lowest BCUT2D eigenvalue weighted by Gasteiger charge is -1.99. The van der Waals surface area contributed by atoms with Crippen LogP contribution in [0, 0.1) is 0 Å². The zero-order chi connectivity index (χ0) is 10.6. The van der Waals surface area contributed by atoms with Crippen LogP contribution in [-0.2, 0) is 16.0 Å². The molecule has 1 aromatic rings. The Kier molecular flexibility index (Phi) is 4.01. The number of rotatable bonds is 4. The third kappa shape index (κ3) is 3.83. The Hall–Kier alpha value is -0.960. The third-order valence-corrected chi connectivity index (χ3v) is 2.23. The first-order chi connectivity index (χ1) is 6.58. The average Bonchev–Trinajstić information content (AvgIpc) is 2.01. The number of ketones is 2. The molecule has 0 spiro atoms. The lowest BCUT2D eigenvalue weighted by atomic mass is 10.1. The molecule has 2 nitrogen and oxygen atoms in total. The smallest absolute Gasteiger partial charge is 0.144 e. The molecule has 3 heteroatoms. The van der Waals surface area contributed by atoms with Gasteiger partial charge in [-0.25, -0.2) is 0 Å². The molecule has 0 aliphatic rings. The van der Waals surface area contributed by atoms with E-state index in [-0.39, 0.29) is 18.0 Å². The summed E-state index contributed by atoms with van der Waals surface area (Å²) >= 11 is 3.32. The first-order valence-corrected chi connectivity index (χ1v) is 5.13. The summed E-state index contributed by atoms with van der Waals surface area (Å²) in [5.74, 6) is -0.111. The molecule has 14 heavy (non-hydrogen) atoms. The van der Waals surface area contributed by atoms with Crippen molar-refractivity contribution >= 4 is 27.5 Å². The highest BCUT2D eigenvalue weighted by molar-refractivity contribution is 9.10. The maximum Gasteiger partial charge on any atom is 0.144 e. The lowest BCUT2D eigenvalue weighted by molar-refractivity contribution is -0.125. The molecule has 0 radical (unpaired) electrons. The van der Waals surface area contributed by atoms with Crippen LogP contribution >= 0.6 is 15.9 Å². The minimum atomic E-state index is -0.0787. The van der Waals surface area contributed by atoms with E-state index in [1.807, 2.05) is 24.3 Å². The fraction of sp³-hybridized carbons (Fsp3) is 0.273. The van der Waals surface area contributed by atoms with Gasteiger partial charge in [0.05, 0.1) is 6.42 Å². The Balaban J connectivity index is 2.60. The van der Waals surface area contributed by atoms with E-state index in [1.54, 1.807) is 0 Å². The van der Waals surface area contributed by atoms with Crippen molar-refractivity contribution < 1.29 is 9.59 Å². The van der Waals surface area contributed by atoms with Gasteiger partial charge in [0.1, 0.15) is 11.6 Å². The topological polar surface area (TPSA) is 34.1 Å². The van der Waals surface area contributed by atoms with E-state index in [1.165, 1.54) is 6.92 Å². The molecule has 0 heterocycles. The number of Topliss-reactive ketones (excluding diaryl/α,β-unsaturated/α-hetero) is 2. The first kappa shape index (κ1) is 11.1. The number of hydrogen-bond acceptors (Lipinski definition) is 2. The zero-order valence-electron chi connectivity index (χ0n) is 7.92. The molecule has 0 N–H and O–H groups in total. The SMILES string of the molecule is CC(=O)CC(=O)Cc1cccc(Br)c1. The molecule has 0 saturated carbocycles. The summed E-state index contributed by atoms with van der Waals surface area (Å²) in [5, 5.41) is 0. The maximum atomic E-state index is 11.3. The van der Waals surface area contributed by atoms with E-state index < -0.39 is 0 Å². The molecule has 0 saturated heterocycles. The predicted molar refractivity (Wildman–Crippen MR) is 58.2 cm³/mol. The zero-order valence-corrected chi connectivity index (χ0v) is 9.50. The second-order valence-electron chi connectivity index (χ2n) is 3.22. The van der Waals surface area contributed by atoms with Crippen LogP contribution in [0.15, 0.2) is 28.7 Å². The van der Waals surface area contributed by atoms with Gasteiger partial charge in [-0.05, 0) is 24.6 Å². The van der Waals surface area contributed by atoms with Gasteiger partial charge >= 0.3 is 0 Å². The Bertz CT molecular complexity index is 358. The molecule has 1 rings (SSSR count). The number of hydrogen-bond donors (Lipinski definition) is 0. The molecular weight excluding hydrogens is 244 g/mol. The van der Waals surface area contributed by atoms with Crippen LogP contribution in [0.25, 0.3) is 0 Å². The standard InChI is InChI=1S/C11H11BrO2/c1-8(13)5-11(14)7-9-3-2-4-10(12)6-9/h2-4,6H,5,7H2,1H3. The van der Waals surface area contributed by atoms with Gasteiger partial charge in [-0.1, -0.05) is 28.1 Å². The number of halogens is 1. The Morgan fingerprint density at radius 1 is 1.36 bits per heavy atom. The summed E-state index contributed by atoms with van der Waals surface area (Å²) in [6.45, 7) is 1.43. The van der Waals surface area contributed by atoms with Crippen LogP contribution in [0.5, 0.6) is 0 Å². The van der Waals surface area contributed by atoms with Gasteiger partial charge in [0.15, 0.2) is 0 Å². The molecule has 0 aliphatic carbocycles. The van der Waals surface area contributed by atoms with Gasteiger partial charge in [0.25, 0.3) is 0 Å². The fourth-order valence-corrected chi connectivity index (χ4v) is 1.66. The molecule has 0 aliphatic heterocycles. The molecule has 74 valence electrons. The fourth-order valence-electron chi connectivity index (χ4n) is 1.21. The van der Waals surface area contributed by atoms with E-state index in [0.29, 0.717) is 6.42 Å². The number of carbonyl (C=O) groups excluding carboxylic acids is 2. The monoisotopic (exact) mass is 254 g/mol. The first-order valence-electron chi connectivity index (χ1n) is 4.33. The molecule has 0 bridgehead atoms. The highest BCUT2D eigenvalue weighted by Gasteiger charge is 2.06. The summed E-state index contributed by atoms with van der Waals surface area (Å²) in [7, 11) is 0. The van der Waals surface area contributed by atoms with Crippen LogP contribution < -0.4 is 0 Å². The number of carbonyl (C=O) groups is 2. The number of benzene rings is 1. The summed E-state index contributed by atoms with van der Waals surface area (Å²) in [6, 6.07) is 7.54. The van der Waals surface area contributed by atoms with Crippen molar-refractivity contribution in [2.45, 2.75) is 19.8 Å². The van der Waals surface area contributed by atoms with Crippen LogP contribution in [-0.4, -0.2) is 11.6 Å². The van der Waals surface area contributed by atoms with Crippen molar-refractivity contribution in [2.75, 3.05) is 0 Å². The highest BCUT2D eigenvalue weighted by Crippen LogP contribution is 2.12. The van der Waals surface area contributed by atoms with E-state index in [9.17, 15) is 9.59 Å². The molecule has 0 unspecified atom stereocenters. The normalized spacial score (nSPS) is 9.86. The second-order valence-corrected chi connectivity index (χ2v) is 4.14. The summed E-state index contributed by atoms with van der Waals surface area (Å²) < 4.78 is 0.950. The minimum Gasteiger partial charge on any atom is -0.300 e. The molecule has 0 fully saturated rings. The maximum absolute atomic E-state index is 11.3. The quantitative estimate of drug-likeness (QED) is 0.775. The van der Waals surface area contributed by atoms with E-state index in [2.05, 4.69) is 15.9 Å². The Morgan fingerprint density at radius 3 is 2.64 bits per heavy atom. The largest absolute Gasteiger partial charge is 0.300 e. The van der Waals surface area contributed by atoms with Crippen molar-refractivity contribution in [2.24, 2.45) is 0 Å². The van der Waals surface area contributed by atoms with E-state index in [4.69, 9.17) is 0 Å². The van der Waals surface area contributed by atoms with Crippen LogP contribution in [0.1, 0.15) is 18.9 Å². The third-order valence-electron chi connectivity index (χ3n) is 1.74. The second kappa shape index (κ2) is 5.05. The van der Waals surface area contributed by atoms with Crippen molar-refractivity contribution in [3.8, 4) is 0 Å². The van der Waals surface area contributed by atoms with Crippen LogP contribution in [0.4, 0.5) is 0 Å². The average molecular weight is 255 g/mol. The summed E-state index contributed by atoms with van der Waals surface area (Å²) in [5.41, 5.74) is 0.936. The van der Waals surface area contributed by atoms with Crippen molar-refractivity contribution in [1.29, 1.82) is 0 Å². The van der Waals surface area contributed by atoms with Gasteiger partial charge in [0.2, 0.25) is 0 Å². The van der Waals surface area contributed by atoms with Crippen molar-refractivity contribution in [3.05, 3.63) is 34.3 Å². The van der Waals surface area contributed by atoms with Gasteiger partial charge < -0.3 is 0 Å². The molecule has 0 amide bonds. The Morgan fingerprint density at radius 2 is 2.07 bits per heavy atom. The lowest BCUT2D eigenvalue weighted by Crippen LogP contribution is -2.07. The van der Waals surface area contributed by atoms with E-state index >= 15 is 0 Å². The molecule has 0 aromatic heterocycles. The molecule has 0 atom stereocenters. The molecule has 1 aromatic carbocycles. The van der Waals surface area contributed by atoms with Gasteiger partial charge in [-0.15, -0.1) is 0 Å². The minimum absolute atomic E-state index is 0.0319. The molecular formula is C11H11BrO2. The van der Waals surface area contributed by atoms with Crippen molar-refractivity contribution in [1.82, 2.24) is 0 Å². The van der Waals surface area contributed by atoms with Gasteiger partial charge in [-0.2, -0.15) is 0 Å². The van der Waals surface area contributed by atoms with E-state index in [0.717, 1.165) is 10.0 Å². The summed E-state index contributed by atoms with van der Waals surface area (Å²) in [4.78, 5) is 22.0. The van der Waals surface area contributed by atoms with Crippen LogP contribution in [0.2, 0.25) is 0 Å². The van der Waals surface area contributed by atoms with Crippen molar-refractivity contribution in [3.63, 3.8) is 0 Å². The predicted octanol–water partition coefficient (Wildman–Crippen LogP) is 2.54. The summed E-state index contributed by atoms with van der Waals surface area (Å²) in [6.07, 6.45) is 0.367. The van der Waals surface area contributed by atoms with Gasteiger partial charge in [-0.3, -0.25) is 9.59 Å². The van der Waals surface area contributed by atoms with Gasteiger partial charge in [0, 0.05) is 10.9 Å². The highest BCUT2D eigenvalue weighted by atomic mass is 79.9.